The predicted octanol–water partition coefficient (Wildman–Crippen LogP) is 5.43. The van der Waals surface area contributed by atoms with Crippen LogP contribution < -0.4 is 10.3 Å². The van der Waals surface area contributed by atoms with Crippen LogP contribution in [0.1, 0.15) is 50.2 Å². The van der Waals surface area contributed by atoms with Gasteiger partial charge in [0.2, 0.25) is 5.78 Å². The van der Waals surface area contributed by atoms with E-state index >= 15 is 0 Å². The molecule has 0 atom stereocenters. The standard InChI is InChI=1S/C27H28N4O2S/c1-3-34-26-29-28-25-30(19-11-13-20(33-2)14-12-19)24(32)22-23(31(25)26)21-10-6-5-9-18(21)17-27(22)15-7-4-8-16-27/h5-6,9-14H,3-4,7-8,15-17H2,1-2H3. The Labute approximate surface area is 203 Å². The Bertz CT molecular complexity index is 1430. The van der Waals surface area contributed by atoms with Gasteiger partial charge in [-0.3, -0.25) is 9.20 Å². The quantitative estimate of drug-likeness (QED) is 0.371. The highest BCUT2D eigenvalue weighted by atomic mass is 32.2. The lowest BCUT2D eigenvalue weighted by molar-refractivity contribution is 0.284. The molecular weight excluding hydrogens is 444 g/mol. The smallest absolute Gasteiger partial charge is 0.263 e. The molecule has 0 unspecified atom stereocenters. The Morgan fingerprint density at radius 3 is 2.53 bits per heavy atom. The second kappa shape index (κ2) is 8.31. The maximum atomic E-state index is 14.5. The number of rotatable bonds is 4. The van der Waals surface area contributed by atoms with E-state index in [0.29, 0.717) is 5.78 Å². The first-order valence-corrected chi connectivity index (χ1v) is 13.1. The van der Waals surface area contributed by atoms with Crippen LogP contribution in [0.15, 0.2) is 58.5 Å². The van der Waals surface area contributed by atoms with Crippen LogP contribution in [0.2, 0.25) is 0 Å². The van der Waals surface area contributed by atoms with Crippen molar-refractivity contribution >= 4 is 17.5 Å². The fourth-order valence-corrected chi connectivity index (χ4v) is 6.61. The number of methoxy groups -OCH3 is 1. The minimum atomic E-state index is -0.153. The van der Waals surface area contributed by atoms with Crippen LogP contribution in [0, 0.1) is 0 Å². The average molecular weight is 473 g/mol. The van der Waals surface area contributed by atoms with Crippen LogP contribution in [0.25, 0.3) is 22.7 Å². The maximum Gasteiger partial charge on any atom is 0.263 e. The lowest BCUT2D eigenvalue weighted by Crippen LogP contribution is -2.43. The molecule has 174 valence electrons. The molecule has 4 aromatic rings. The summed E-state index contributed by atoms with van der Waals surface area (Å²) in [6, 6.07) is 16.2. The van der Waals surface area contributed by atoms with Crippen molar-refractivity contribution < 1.29 is 4.74 Å². The van der Waals surface area contributed by atoms with Crippen LogP contribution in [0.4, 0.5) is 0 Å². The molecule has 0 amide bonds. The van der Waals surface area contributed by atoms with E-state index < -0.39 is 0 Å². The van der Waals surface area contributed by atoms with Gasteiger partial charge < -0.3 is 4.74 Å². The van der Waals surface area contributed by atoms with Gasteiger partial charge in [0.05, 0.1) is 18.5 Å². The predicted molar refractivity (Wildman–Crippen MR) is 135 cm³/mol. The largest absolute Gasteiger partial charge is 0.497 e. The van der Waals surface area contributed by atoms with Gasteiger partial charge in [0.1, 0.15) is 5.75 Å². The number of fused-ring (bicyclic) bond motifs is 6. The van der Waals surface area contributed by atoms with Gasteiger partial charge in [-0.15, -0.1) is 10.2 Å². The summed E-state index contributed by atoms with van der Waals surface area (Å²) in [6.45, 7) is 2.12. The Hall–Kier alpha value is -3.06. The Morgan fingerprint density at radius 1 is 1.03 bits per heavy atom. The minimum Gasteiger partial charge on any atom is -0.497 e. The SMILES string of the molecule is CCSc1nnc2n(-c3ccc(OC)cc3)c(=O)c3c(n12)-c1ccccc1CC31CCCCC1. The number of benzene rings is 2. The van der Waals surface area contributed by atoms with E-state index in [-0.39, 0.29) is 11.0 Å². The first kappa shape index (κ1) is 21.5. The van der Waals surface area contributed by atoms with Crippen LogP contribution >= 0.6 is 11.8 Å². The van der Waals surface area contributed by atoms with Crippen LogP contribution in [0.3, 0.4) is 0 Å². The van der Waals surface area contributed by atoms with Crippen LogP contribution in [0.5, 0.6) is 5.75 Å². The van der Waals surface area contributed by atoms with E-state index in [1.165, 1.54) is 12.0 Å². The highest BCUT2D eigenvalue weighted by molar-refractivity contribution is 7.99. The molecule has 6 nitrogen and oxygen atoms in total. The molecule has 0 N–H and O–H groups in total. The highest BCUT2D eigenvalue weighted by Gasteiger charge is 2.44. The molecule has 2 aliphatic rings. The van der Waals surface area contributed by atoms with Gasteiger partial charge in [-0.2, -0.15) is 0 Å². The summed E-state index contributed by atoms with van der Waals surface area (Å²) >= 11 is 1.66. The van der Waals surface area contributed by atoms with Gasteiger partial charge in [-0.05, 0) is 54.8 Å². The summed E-state index contributed by atoms with van der Waals surface area (Å²) in [7, 11) is 1.65. The molecule has 1 fully saturated rings. The molecule has 7 heteroatoms. The zero-order valence-corrected chi connectivity index (χ0v) is 20.4. The molecule has 1 spiro atoms. The zero-order chi connectivity index (χ0) is 23.3. The summed E-state index contributed by atoms with van der Waals surface area (Å²) in [5.41, 5.74) is 5.05. The first-order valence-electron chi connectivity index (χ1n) is 12.1. The van der Waals surface area contributed by atoms with Crippen molar-refractivity contribution in [1.29, 1.82) is 0 Å². The van der Waals surface area contributed by atoms with Gasteiger partial charge in [0.25, 0.3) is 5.56 Å². The summed E-state index contributed by atoms with van der Waals surface area (Å²) in [5.74, 6) is 2.20. The van der Waals surface area contributed by atoms with Crippen molar-refractivity contribution in [2.75, 3.05) is 12.9 Å². The van der Waals surface area contributed by atoms with Crippen molar-refractivity contribution in [3.05, 3.63) is 70.0 Å². The van der Waals surface area contributed by atoms with Gasteiger partial charge in [0, 0.05) is 16.5 Å². The molecular formula is C27H28N4O2S. The van der Waals surface area contributed by atoms with E-state index in [0.717, 1.165) is 71.3 Å². The van der Waals surface area contributed by atoms with Gasteiger partial charge >= 0.3 is 0 Å². The second-order valence-corrected chi connectivity index (χ2v) is 10.5. The molecule has 0 bridgehead atoms. The molecule has 0 saturated heterocycles. The van der Waals surface area contributed by atoms with Gasteiger partial charge in [0.15, 0.2) is 5.16 Å². The first-order chi connectivity index (χ1) is 16.7. The summed E-state index contributed by atoms with van der Waals surface area (Å²) < 4.78 is 9.26. The number of nitrogens with zero attached hydrogens (tertiary/aromatic N) is 4. The lowest BCUT2D eigenvalue weighted by Gasteiger charge is -2.42. The van der Waals surface area contributed by atoms with E-state index in [9.17, 15) is 4.79 Å². The Kier molecular flexibility index (Phi) is 5.25. The molecule has 34 heavy (non-hydrogen) atoms. The summed E-state index contributed by atoms with van der Waals surface area (Å²) in [5, 5.41) is 9.94. The van der Waals surface area contributed by atoms with Crippen molar-refractivity contribution in [2.24, 2.45) is 0 Å². The third-order valence-electron chi connectivity index (χ3n) is 7.44. The van der Waals surface area contributed by atoms with E-state index in [1.54, 1.807) is 23.4 Å². The molecule has 2 heterocycles. The maximum absolute atomic E-state index is 14.5. The number of thioether (sulfide) groups is 1. The van der Waals surface area contributed by atoms with E-state index in [2.05, 4.69) is 45.8 Å². The third-order valence-corrected chi connectivity index (χ3v) is 8.25. The summed E-state index contributed by atoms with van der Waals surface area (Å²) in [6.07, 6.45) is 6.53. The average Bonchev–Trinajstić information content (AvgIpc) is 3.28. The van der Waals surface area contributed by atoms with Crippen molar-refractivity contribution in [2.45, 2.75) is 56.0 Å². The van der Waals surface area contributed by atoms with Gasteiger partial charge in [-0.25, -0.2) is 4.57 Å². The van der Waals surface area contributed by atoms with Crippen molar-refractivity contribution in [3.63, 3.8) is 0 Å². The van der Waals surface area contributed by atoms with Gasteiger partial charge in [-0.1, -0.05) is 62.2 Å². The molecule has 0 radical (unpaired) electrons. The fraction of sp³-hybridized carbons (Fsp3) is 0.370. The molecule has 2 aromatic carbocycles. The topological polar surface area (TPSA) is 61.4 Å². The number of ether oxygens (including phenoxy) is 1. The number of aromatic nitrogens is 4. The normalized spacial score (nSPS) is 16.4. The fourth-order valence-electron chi connectivity index (χ4n) is 5.95. The Balaban J connectivity index is 1.76. The monoisotopic (exact) mass is 472 g/mol. The highest BCUT2D eigenvalue weighted by Crippen LogP contribution is 2.49. The second-order valence-electron chi connectivity index (χ2n) is 9.29. The molecule has 0 aliphatic heterocycles. The third kappa shape index (κ3) is 3.13. The van der Waals surface area contributed by atoms with Crippen molar-refractivity contribution in [3.8, 4) is 22.7 Å². The van der Waals surface area contributed by atoms with Crippen LogP contribution in [-0.4, -0.2) is 32.0 Å². The van der Waals surface area contributed by atoms with Crippen LogP contribution in [-0.2, 0) is 11.8 Å². The minimum absolute atomic E-state index is 0.0320. The molecule has 1 saturated carbocycles. The zero-order valence-electron chi connectivity index (χ0n) is 19.6. The van der Waals surface area contributed by atoms with Crippen molar-refractivity contribution in [1.82, 2.24) is 19.2 Å². The van der Waals surface area contributed by atoms with E-state index in [1.807, 2.05) is 24.3 Å². The number of hydrogen-bond acceptors (Lipinski definition) is 5. The molecule has 6 rings (SSSR count). The summed E-state index contributed by atoms with van der Waals surface area (Å²) in [4.78, 5) is 14.5. The van der Waals surface area contributed by atoms with E-state index in [4.69, 9.17) is 4.74 Å². The number of hydrogen-bond donors (Lipinski definition) is 0. The lowest BCUT2D eigenvalue weighted by atomic mass is 9.62. The molecule has 2 aromatic heterocycles. The molecule has 2 aliphatic carbocycles. The Morgan fingerprint density at radius 2 is 1.79 bits per heavy atom.